The third-order valence-electron chi connectivity index (χ3n) is 8.76. The van der Waals surface area contributed by atoms with E-state index in [1.165, 1.54) is 6.07 Å². The molecular formula is C30H32FN3O6. The second kappa shape index (κ2) is 9.49. The normalized spacial score (nSPS) is 21.4. The number of aliphatic hydroxyl groups excluding tert-OH is 1. The topological polar surface area (TPSA) is 131 Å². The van der Waals surface area contributed by atoms with E-state index >= 15 is 4.39 Å². The Balaban J connectivity index is 1.55. The van der Waals surface area contributed by atoms with Gasteiger partial charge in [0.15, 0.2) is 5.60 Å². The van der Waals surface area contributed by atoms with Crippen molar-refractivity contribution < 1.29 is 28.9 Å². The van der Waals surface area contributed by atoms with Gasteiger partial charge < -0.3 is 24.8 Å². The zero-order valence-corrected chi connectivity index (χ0v) is 22.8. The molecule has 6 rings (SSSR count). The summed E-state index contributed by atoms with van der Waals surface area (Å²) in [6.45, 7) is 5.26. The van der Waals surface area contributed by atoms with Crippen LogP contribution in [0, 0.1) is 12.7 Å². The number of pyridine rings is 2. The number of nitrogens with one attached hydrogen (secondary N) is 1. The van der Waals surface area contributed by atoms with E-state index in [2.05, 4.69) is 5.32 Å². The van der Waals surface area contributed by atoms with Crippen molar-refractivity contribution in [3.8, 4) is 11.4 Å². The lowest BCUT2D eigenvalue weighted by Gasteiger charge is -2.31. The monoisotopic (exact) mass is 549 g/mol. The van der Waals surface area contributed by atoms with Crippen molar-refractivity contribution in [1.29, 1.82) is 0 Å². The first kappa shape index (κ1) is 26.6. The van der Waals surface area contributed by atoms with Crippen LogP contribution in [0.3, 0.4) is 0 Å². The zero-order valence-electron chi connectivity index (χ0n) is 22.8. The number of carbonyl (C=O) groups excluding carboxylic acids is 2. The van der Waals surface area contributed by atoms with E-state index < -0.39 is 23.7 Å². The maximum absolute atomic E-state index is 15.0. The summed E-state index contributed by atoms with van der Waals surface area (Å²) in [7, 11) is 0. The summed E-state index contributed by atoms with van der Waals surface area (Å²) >= 11 is 0. The molecule has 1 aromatic carbocycles. The van der Waals surface area contributed by atoms with Gasteiger partial charge in [0.2, 0.25) is 5.91 Å². The maximum Gasteiger partial charge on any atom is 0.343 e. The summed E-state index contributed by atoms with van der Waals surface area (Å²) in [5.41, 5.74) is 2.28. The van der Waals surface area contributed by atoms with Gasteiger partial charge in [-0.25, -0.2) is 14.2 Å². The van der Waals surface area contributed by atoms with Gasteiger partial charge in [0.25, 0.3) is 5.56 Å². The fraction of sp³-hybridized carbons (Fsp3) is 0.467. The molecule has 1 aliphatic carbocycles. The number of nitrogens with zero attached hydrogens (tertiary/aromatic N) is 2. The summed E-state index contributed by atoms with van der Waals surface area (Å²) in [5, 5.41) is 25.3. The van der Waals surface area contributed by atoms with Gasteiger partial charge >= 0.3 is 5.97 Å². The number of ether oxygens (including phenoxy) is 1. The van der Waals surface area contributed by atoms with Crippen molar-refractivity contribution in [1.82, 2.24) is 14.9 Å². The fourth-order valence-electron chi connectivity index (χ4n) is 6.60. The van der Waals surface area contributed by atoms with E-state index in [-0.39, 0.29) is 54.4 Å². The van der Waals surface area contributed by atoms with Gasteiger partial charge in [-0.3, -0.25) is 9.59 Å². The second-order valence-electron chi connectivity index (χ2n) is 11.1. The molecule has 3 N–H and O–H groups in total. The molecule has 2 aromatic heterocycles. The number of rotatable bonds is 6. The van der Waals surface area contributed by atoms with Crippen LogP contribution in [0.4, 0.5) is 4.39 Å². The fourth-order valence-corrected chi connectivity index (χ4v) is 6.60. The number of fused-ring (bicyclic) bond motifs is 5. The van der Waals surface area contributed by atoms with Crippen LogP contribution in [-0.4, -0.2) is 37.7 Å². The van der Waals surface area contributed by atoms with Gasteiger partial charge in [-0.2, -0.15) is 0 Å². The maximum atomic E-state index is 15.0. The minimum absolute atomic E-state index is 0.0217. The number of aromatic nitrogens is 2. The van der Waals surface area contributed by atoms with Crippen molar-refractivity contribution >= 4 is 22.8 Å². The molecule has 2 aliphatic heterocycles. The van der Waals surface area contributed by atoms with Crippen molar-refractivity contribution in [3.05, 3.63) is 61.7 Å². The minimum Gasteiger partial charge on any atom is -0.458 e. The summed E-state index contributed by atoms with van der Waals surface area (Å²) in [6.07, 6.45) is 1.61. The van der Waals surface area contributed by atoms with E-state index in [0.717, 1.165) is 28.5 Å². The van der Waals surface area contributed by atoms with E-state index in [9.17, 15) is 24.6 Å². The Bertz CT molecular complexity index is 1660. The number of benzene rings is 1. The van der Waals surface area contributed by atoms with Crippen LogP contribution in [0.5, 0.6) is 0 Å². The average molecular weight is 550 g/mol. The molecule has 4 heterocycles. The highest BCUT2D eigenvalue weighted by atomic mass is 19.1. The standard InChI is InChI=1S/C30H32FN3O6/c1-4-6-15(35)9-24(36)32-21-8-7-16-14(3)20(31)11-22-25(16)26(21)17-12-34-23(27(17)33-22)10-19-18(28(34)37)13-40-29(38)30(19,39)5-2/h10-11,15,21,35,39H,4-9,12-13H2,1-3H3,(H,32,36)/t15?,21-,30-/m0/s1. The van der Waals surface area contributed by atoms with Crippen molar-refractivity contribution in [2.75, 3.05) is 0 Å². The van der Waals surface area contributed by atoms with E-state index in [4.69, 9.17) is 9.72 Å². The zero-order chi connectivity index (χ0) is 28.5. The van der Waals surface area contributed by atoms with Gasteiger partial charge in [-0.15, -0.1) is 0 Å². The highest BCUT2D eigenvalue weighted by molar-refractivity contribution is 5.94. The van der Waals surface area contributed by atoms with E-state index in [1.54, 1.807) is 24.5 Å². The van der Waals surface area contributed by atoms with Crippen molar-refractivity contribution in [3.63, 3.8) is 0 Å². The highest BCUT2D eigenvalue weighted by Crippen LogP contribution is 2.46. The molecule has 3 atom stereocenters. The molecular weight excluding hydrogens is 517 g/mol. The molecule has 0 saturated carbocycles. The van der Waals surface area contributed by atoms with Crippen LogP contribution in [0.25, 0.3) is 22.3 Å². The highest BCUT2D eigenvalue weighted by Gasteiger charge is 2.46. The molecule has 3 aromatic rings. The Morgan fingerprint density at radius 3 is 2.77 bits per heavy atom. The summed E-state index contributed by atoms with van der Waals surface area (Å²) in [5.74, 6) is -1.46. The van der Waals surface area contributed by atoms with Crippen LogP contribution in [0.15, 0.2) is 16.9 Å². The lowest BCUT2D eigenvalue weighted by atomic mass is 9.81. The number of carbonyl (C=O) groups is 2. The lowest BCUT2D eigenvalue weighted by Crippen LogP contribution is -2.44. The van der Waals surface area contributed by atoms with Crippen LogP contribution in [0.1, 0.15) is 85.4 Å². The molecule has 0 fully saturated rings. The number of cyclic esters (lactones) is 1. The molecule has 1 amide bonds. The molecule has 210 valence electrons. The second-order valence-corrected chi connectivity index (χ2v) is 11.1. The summed E-state index contributed by atoms with van der Waals surface area (Å²) in [6, 6.07) is 2.59. The smallest absolute Gasteiger partial charge is 0.343 e. The molecule has 40 heavy (non-hydrogen) atoms. The van der Waals surface area contributed by atoms with E-state index in [1.807, 2.05) is 6.92 Å². The summed E-state index contributed by atoms with van der Waals surface area (Å²) < 4.78 is 21.7. The first-order chi connectivity index (χ1) is 19.1. The first-order valence-electron chi connectivity index (χ1n) is 13.9. The SMILES string of the molecule is CCCC(O)CC(=O)N[C@H]1CCc2c(C)c(F)cc3nc4c(c1c23)Cn1c-4cc2c(c1=O)COC(=O)[C@]2(O)CC. The molecule has 0 radical (unpaired) electrons. The molecule has 1 unspecified atom stereocenters. The van der Waals surface area contributed by atoms with Crippen LogP contribution < -0.4 is 10.9 Å². The van der Waals surface area contributed by atoms with Crippen LogP contribution in [0.2, 0.25) is 0 Å². The predicted molar refractivity (Wildman–Crippen MR) is 144 cm³/mol. The van der Waals surface area contributed by atoms with Gasteiger partial charge in [-0.1, -0.05) is 20.3 Å². The molecule has 9 nitrogen and oxygen atoms in total. The van der Waals surface area contributed by atoms with Gasteiger partial charge in [0.05, 0.1) is 47.6 Å². The number of halogens is 1. The first-order valence-corrected chi connectivity index (χ1v) is 13.9. The number of hydrogen-bond acceptors (Lipinski definition) is 7. The number of aliphatic hydroxyl groups is 2. The average Bonchev–Trinajstić information content (AvgIpc) is 3.29. The predicted octanol–water partition coefficient (Wildman–Crippen LogP) is 3.18. The Morgan fingerprint density at radius 2 is 2.05 bits per heavy atom. The third kappa shape index (κ3) is 3.80. The Hall–Kier alpha value is -3.63. The van der Waals surface area contributed by atoms with Gasteiger partial charge in [-0.05, 0) is 55.4 Å². The van der Waals surface area contributed by atoms with Crippen molar-refractivity contribution in [2.45, 2.75) is 90.2 Å². The molecule has 0 bridgehead atoms. The molecule has 0 spiro atoms. The van der Waals surface area contributed by atoms with E-state index in [0.29, 0.717) is 41.7 Å². The van der Waals surface area contributed by atoms with Gasteiger partial charge in [0.1, 0.15) is 12.4 Å². The molecule has 3 aliphatic rings. The molecule has 0 saturated heterocycles. The lowest BCUT2D eigenvalue weighted by molar-refractivity contribution is -0.172. The Labute approximate surface area is 230 Å². The number of amides is 1. The summed E-state index contributed by atoms with van der Waals surface area (Å²) in [4.78, 5) is 44.0. The Kier molecular flexibility index (Phi) is 6.30. The number of aryl methyl sites for hydroxylation is 1. The quantitative estimate of drug-likeness (QED) is 0.315. The minimum atomic E-state index is -1.96. The van der Waals surface area contributed by atoms with Gasteiger partial charge in [0, 0.05) is 22.6 Å². The Morgan fingerprint density at radius 1 is 1.27 bits per heavy atom. The van der Waals surface area contributed by atoms with Crippen molar-refractivity contribution in [2.24, 2.45) is 0 Å². The molecule has 10 heteroatoms. The number of hydrogen-bond donors (Lipinski definition) is 3. The third-order valence-corrected chi connectivity index (χ3v) is 8.76. The van der Waals surface area contributed by atoms with Crippen LogP contribution >= 0.6 is 0 Å². The van der Waals surface area contributed by atoms with Crippen LogP contribution in [-0.2, 0) is 39.5 Å². The largest absolute Gasteiger partial charge is 0.458 e. The number of esters is 1.